The highest BCUT2D eigenvalue weighted by Gasteiger charge is 2.48. The maximum Gasteiger partial charge on any atom is 0.198 e. The first-order chi connectivity index (χ1) is 30.1. The first-order valence-corrected chi connectivity index (χ1v) is 23.1. The van der Waals surface area contributed by atoms with E-state index in [2.05, 4.69) is 215 Å². The van der Waals surface area contributed by atoms with Crippen LogP contribution in [-0.2, 0) is 16.2 Å². The van der Waals surface area contributed by atoms with Gasteiger partial charge in [0.05, 0.1) is 11.1 Å². The second-order valence-corrected chi connectivity index (χ2v) is 20.4. The molecule has 1 aliphatic carbocycles. The van der Waals surface area contributed by atoms with Crippen molar-refractivity contribution in [2.24, 2.45) is 0 Å². The molecule has 0 amide bonds. The maximum absolute atomic E-state index is 4.08. The second-order valence-electron chi connectivity index (χ2n) is 19.3. The third-order valence-corrected chi connectivity index (χ3v) is 15.8. The molecule has 1 aromatic heterocycles. The van der Waals surface area contributed by atoms with E-state index in [0.717, 1.165) is 18.7 Å². The van der Waals surface area contributed by atoms with Gasteiger partial charge in [0, 0.05) is 48.5 Å². The molecule has 3 aliphatic rings. The summed E-state index contributed by atoms with van der Waals surface area (Å²) in [5, 5.41) is 6.69. The Bertz CT molecular complexity index is 3230. The summed E-state index contributed by atoms with van der Waals surface area (Å²) in [4.78, 5) is 2.61. The molecule has 9 aromatic rings. The topological polar surface area (TPSA) is 15.3 Å². The van der Waals surface area contributed by atoms with Crippen molar-refractivity contribution < 1.29 is 0 Å². The van der Waals surface area contributed by atoms with Crippen molar-refractivity contribution in [2.45, 2.75) is 63.7 Å². The Morgan fingerprint density at radius 3 is 1.98 bits per heavy atom. The minimum absolute atomic E-state index is 0.115. The first-order valence-electron chi connectivity index (χ1n) is 22.3. The Labute approximate surface area is 370 Å². The van der Waals surface area contributed by atoms with Crippen LogP contribution in [-0.4, -0.2) is 7.28 Å². The Kier molecular flexibility index (Phi) is 8.19. The number of thiophene rings is 1. The van der Waals surface area contributed by atoms with Gasteiger partial charge in [0.25, 0.3) is 0 Å². The molecule has 300 valence electrons. The van der Waals surface area contributed by atoms with Gasteiger partial charge in [-0.05, 0) is 123 Å². The number of aryl methyl sites for hydroxylation is 1. The zero-order valence-electron chi connectivity index (χ0n) is 36.1. The Morgan fingerprint density at radius 1 is 0.532 bits per heavy atom. The van der Waals surface area contributed by atoms with E-state index in [0.29, 0.717) is 0 Å². The Morgan fingerprint density at radius 2 is 1.21 bits per heavy atom. The van der Waals surface area contributed by atoms with Crippen LogP contribution < -0.4 is 21.1 Å². The third kappa shape index (κ3) is 5.42. The van der Waals surface area contributed by atoms with E-state index >= 15 is 0 Å². The van der Waals surface area contributed by atoms with Gasteiger partial charge in [-0.1, -0.05) is 161 Å². The van der Waals surface area contributed by atoms with Crippen molar-refractivity contribution in [3.05, 3.63) is 209 Å². The fraction of sp³-hybridized carbons (Fsp3) is 0.172. The predicted octanol–water partition coefficient (Wildman–Crippen LogP) is 14.0. The van der Waals surface area contributed by atoms with E-state index in [-0.39, 0.29) is 10.8 Å². The van der Waals surface area contributed by atoms with E-state index in [4.69, 9.17) is 0 Å². The van der Waals surface area contributed by atoms with Gasteiger partial charge in [0.1, 0.15) is 0 Å². The van der Waals surface area contributed by atoms with Crippen LogP contribution >= 0.6 is 11.3 Å². The Hall–Kier alpha value is -6.36. The second kappa shape index (κ2) is 13.6. The summed E-state index contributed by atoms with van der Waals surface area (Å²) in [7, 11) is 0.832. The van der Waals surface area contributed by atoms with Crippen LogP contribution in [0.1, 0.15) is 79.5 Å². The van der Waals surface area contributed by atoms with Gasteiger partial charge in [-0.3, -0.25) is 0 Å². The largest absolute Gasteiger partial charge is 0.355 e. The third-order valence-electron chi connectivity index (χ3n) is 14.6. The average molecular weight is 817 g/mol. The van der Waals surface area contributed by atoms with Crippen molar-refractivity contribution in [3.63, 3.8) is 0 Å². The SMILES string of the molecule is Cc1cc(-c2cc3sc4ccccc4c3cc2Nc2ccc3c(c2)C(C)(C)CCC3(C)C)c2c(c1)N1c3ccccc3C(c3ccccc3)(c3ccccc3)c3cccc(c31)B2. The number of rotatable bonds is 5. The molecule has 0 fully saturated rings. The lowest BCUT2D eigenvalue weighted by molar-refractivity contribution is 0.332. The van der Waals surface area contributed by atoms with Crippen molar-refractivity contribution in [1.82, 2.24) is 0 Å². The molecule has 0 spiro atoms. The highest BCUT2D eigenvalue weighted by Crippen LogP contribution is 2.58. The molecule has 62 heavy (non-hydrogen) atoms. The monoisotopic (exact) mass is 816 g/mol. The molecule has 0 radical (unpaired) electrons. The molecular weight excluding hydrogens is 768 g/mol. The van der Waals surface area contributed by atoms with Crippen LogP contribution in [0.25, 0.3) is 31.3 Å². The van der Waals surface area contributed by atoms with Crippen LogP contribution in [0.5, 0.6) is 0 Å². The molecule has 0 atom stereocenters. The summed E-state index contributed by atoms with van der Waals surface area (Å²) in [6, 6.07) is 64.4. The van der Waals surface area contributed by atoms with Crippen LogP contribution in [0.2, 0.25) is 0 Å². The van der Waals surface area contributed by atoms with E-state index in [1.807, 2.05) is 11.3 Å². The van der Waals surface area contributed by atoms with Gasteiger partial charge in [-0.2, -0.15) is 0 Å². The van der Waals surface area contributed by atoms with E-state index in [1.54, 1.807) is 0 Å². The zero-order valence-corrected chi connectivity index (χ0v) is 37.0. The number of benzene rings is 8. The van der Waals surface area contributed by atoms with Crippen molar-refractivity contribution >= 4 is 78.2 Å². The van der Waals surface area contributed by atoms with E-state index < -0.39 is 5.41 Å². The number of nitrogens with one attached hydrogen (secondary N) is 1. The maximum atomic E-state index is 4.08. The number of nitrogens with zero attached hydrogens (tertiary/aromatic N) is 1. The minimum Gasteiger partial charge on any atom is -0.355 e. The van der Waals surface area contributed by atoms with Crippen molar-refractivity contribution in [3.8, 4) is 11.1 Å². The summed E-state index contributed by atoms with van der Waals surface area (Å²) in [5.41, 5.74) is 20.5. The van der Waals surface area contributed by atoms with Crippen LogP contribution in [0.4, 0.5) is 28.4 Å². The van der Waals surface area contributed by atoms with Gasteiger partial charge in [-0.15, -0.1) is 11.3 Å². The fourth-order valence-electron chi connectivity index (χ4n) is 11.5. The molecule has 0 saturated heterocycles. The van der Waals surface area contributed by atoms with Crippen LogP contribution in [0.3, 0.4) is 0 Å². The minimum atomic E-state index is -0.493. The highest BCUT2D eigenvalue weighted by molar-refractivity contribution is 7.25. The molecular formula is C58H49BN2S. The first kappa shape index (κ1) is 37.4. The van der Waals surface area contributed by atoms with Gasteiger partial charge in [-0.25, -0.2) is 0 Å². The lowest BCUT2D eigenvalue weighted by atomic mass is 9.54. The highest BCUT2D eigenvalue weighted by atomic mass is 32.1. The number of anilines is 5. The summed E-state index contributed by atoms with van der Waals surface area (Å²) in [6.07, 6.45) is 2.39. The van der Waals surface area contributed by atoms with E-state index in [9.17, 15) is 0 Å². The molecule has 2 aliphatic heterocycles. The molecule has 0 saturated carbocycles. The normalized spacial score (nSPS) is 16.2. The number of hydrogen-bond donors (Lipinski definition) is 1. The number of fused-ring (bicyclic) bond motifs is 8. The molecule has 2 nitrogen and oxygen atoms in total. The molecule has 1 N–H and O–H groups in total. The van der Waals surface area contributed by atoms with Crippen LogP contribution in [0.15, 0.2) is 170 Å². The fourth-order valence-corrected chi connectivity index (χ4v) is 12.6. The predicted molar refractivity (Wildman–Crippen MR) is 267 cm³/mol. The number of para-hydroxylation sites is 2. The van der Waals surface area contributed by atoms with Gasteiger partial charge in [0.2, 0.25) is 0 Å². The standard InChI is InChI=1S/C58H49BN2S/c1-36-31-43(41-35-53-42(40-21-12-15-26-52(40)62-53)34-49(41)60-39-27-28-44-47(33-39)57(4,5)30-29-56(44,2)3)54-51(32-36)61-50-25-14-13-22-45(50)58(37-17-8-6-9-18-37,38-19-10-7-11-20-38)46-23-16-24-48(59-54)55(46)61/h6-28,31-35,59-60H,29-30H2,1-5H3. The molecule has 4 heteroatoms. The summed E-state index contributed by atoms with van der Waals surface area (Å²) < 4.78 is 2.63. The van der Waals surface area contributed by atoms with Crippen molar-refractivity contribution in [2.75, 3.05) is 10.2 Å². The summed E-state index contributed by atoms with van der Waals surface area (Å²) >= 11 is 1.90. The summed E-state index contributed by atoms with van der Waals surface area (Å²) in [6.45, 7) is 11.9. The average Bonchev–Trinajstić information content (AvgIpc) is 3.66. The Balaban J connectivity index is 1.10. The summed E-state index contributed by atoms with van der Waals surface area (Å²) in [5.74, 6) is 0. The molecule has 0 unspecified atom stereocenters. The van der Waals surface area contributed by atoms with Gasteiger partial charge in [0.15, 0.2) is 7.28 Å². The molecule has 8 aromatic carbocycles. The van der Waals surface area contributed by atoms with Gasteiger partial charge >= 0.3 is 0 Å². The quantitative estimate of drug-likeness (QED) is 0.174. The zero-order chi connectivity index (χ0) is 42.0. The molecule has 3 heterocycles. The lowest BCUT2D eigenvalue weighted by Gasteiger charge is -2.49. The van der Waals surface area contributed by atoms with Crippen molar-refractivity contribution in [1.29, 1.82) is 0 Å². The van der Waals surface area contributed by atoms with Crippen LogP contribution in [0, 0.1) is 6.92 Å². The molecule has 0 bridgehead atoms. The number of hydrogen-bond acceptors (Lipinski definition) is 3. The lowest BCUT2D eigenvalue weighted by Crippen LogP contribution is -2.47. The molecule has 12 rings (SSSR count). The van der Waals surface area contributed by atoms with E-state index in [1.165, 1.54) is 111 Å². The smallest absolute Gasteiger partial charge is 0.198 e. The van der Waals surface area contributed by atoms with Gasteiger partial charge < -0.3 is 10.2 Å².